The second-order valence-electron chi connectivity index (χ2n) is 6.37. The minimum absolute atomic E-state index is 0.633. The van der Waals surface area contributed by atoms with Gasteiger partial charge in [0.15, 0.2) is 11.5 Å². The van der Waals surface area contributed by atoms with Gasteiger partial charge in [-0.3, -0.25) is 9.80 Å². The molecule has 4 heteroatoms. The van der Waals surface area contributed by atoms with Crippen LogP contribution in [0.3, 0.4) is 0 Å². The number of hydrogen-bond donors (Lipinski definition) is 0. The van der Waals surface area contributed by atoms with E-state index in [1.165, 1.54) is 31.5 Å². The molecule has 0 amide bonds. The van der Waals surface area contributed by atoms with E-state index in [1.54, 1.807) is 7.11 Å². The van der Waals surface area contributed by atoms with Crippen molar-refractivity contribution >= 4 is 0 Å². The lowest BCUT2D eigenvalue weighted by molar-refractivity contribution is 0.0470. The van der Waals surface area contributed by atoms with Crippen LogP contribution in [0.25, 0.3) is 0 Å². The van der Waals surface area contributed by atoms with E-state index in [0.717, 1.165) is 30.6 Å². The Morgan fingerprint density at radius 1 is 1.18 bits per heavy atom. The lowest BCUT2D eigenvalue weighted by Crippen LogP contribution is -2.55. The molecule has 22 heavy (non-hydrogen) atoms. The summed E-state index contributed by atoms with van der Waals surface area (Å²) in [7, 11) is 1.69. The molecule has 1 aromatic rings. The number of nitrogens with zero attached hydrogens (tertiary/aromatic N) is 2. The van der Waals surface area contributed by atoms with Crippen LogP contribution in [0.1, 0.15) is 32.3 Å². The quantitative estimate of drug-likeness (QED) is 0.835. The standard InChI is InChI=1S/C18H28N2O2/c1-4-22-18-12-15(7-8-17(18)21-3)13-20-11-10-19-9-5-6-16(19)14(20)2/h7-8,12,14,16H,4-6,9-11,13H2,1-3H3/t14-,16+/m0/s1. The summed E-state index contributed by atoms with van der Waals surface area (Å²) in [6.45, 7) is 9.71. The van der Waals surface area contributed by atoms with Gasteiger partial charge in [0.25, 0.3) is 0 Å². The molecule has 2 heterocycles. The van der Waals surface area contributed by atoms with E-state index >= 15 is 0 Å². The Morgan fingerprint density at radius 2 is 2.05 bits per heavy atom. The van der Waals surface area contributed by atoms with Gasteiger partial charge in [-0.1, -0.05) is 6.07 Å². The second kappa shape index (κ2) is 6.88. The molecule has 0 N–H and O–H groups in total. The van der Waals surface area contributed by atoms with Gasteiger partial charge in [0.1, 0.15) is 0 Å². The fraction of sp³-hybridized carbons (Fsp3) is 0.667. The summed E-state index contributed by atoms with van der Waals surface area (Å²) in [6, 6.07) is 7.70. The van der Waals surface area contributed by atoms with E-state index in [1.807, 2.05) is 13.0 Å². The molecule has 2 fully saturated rings. The molecule has 2 atom stereocenters. The topological polar surface area (TPSA) is 24.9 Å². The van der Waals surface area contributed by atoms with E-state index < -0.39 is 0 Å². The van der Waals surface area contributed by atoms with Crippen LogP contribution in [-0.2, 0) is 6.54 Å². The largest absolute Gasteiger partial charge is 0.493 e. The van der Waals surface area contributed by atoms with Gasteiger partial charge in [-0.25, -0.2) is 0 Å². The molecular weight excluding hydrogens is 276 g/mol. The van der Waals surface area contributed by atoms with E-state index in [0.29, 0.717) is 12.6 Å². The van der Waals surface area contributed by atoms with Crippen molar-refractivity contribution in [1.82, 2.24) is 9.80 Å². The number of rotatable bonds is 5. The van der Waals surface area contributed by atoms with Crippen LogP contribution in [-0.4, -0.2) is 55.2 Å². The molecule has 0 radical (unpaired) electrons. The SMILES string of the molecule is CCOc1cc(CN2CCN3CCC[C@@H]3[C@@H]2C)ccc1OC. The van der Waals surface area contributed by atoms with E-state index in [-0.39, 0.29) is 0 Å². The fourth-order valence-electron chi connectivity index (χ4n) is 3.93. The van der Waals surface area contributed by atoms with Crippen molar-refractivity contribution in [2.24, 2.45) is 0 Å². The first-order valence-corrected chi connectivity index (χ1v) is 8.50. The molecule has 0 unspecified atom stereocenters. The summed E-state index contributed by atoms with van der Waals surface area (Å²) in [5, 5.41) is 0. The van der Waals surface area contributed by atoms with Gasteiger partial charge in [-0.05, 0) is 50.9 Å². The van der Waals surface area contributed by atoms with Crippen molar-refractivity contribution in [2.45, 2.75) is 45.3 Å². The van der Waals surface area contributed by atoms with Crippen LogP contribution < -0.4 is 9.47 Å². The van der Waals surface area contributed by atoms with Gasteiger partial charge in [0.2, 0.25) is 0 Å². The lowest BCUT2D eigenvalue weighted by atomic mass is 10.0. The van der Waals surface area contributed by atoms with Crippen LogP contribution in [0.5, 0.6) is 11.5 Å². The van der Waals surface area contributed by atoms with Crippen molar-refractivity contribution < 1.29 is 9.47 Å². The Labute approximate surface area is 134 Å². The number of fused-ring (bicyclic) bond motifs is 1. The fourth-order valence-corrected chi connectivity index (χ4v) is 3.93. The summed E-state index contributed by atoms with van der Waals surface area (Å²) in [6.07, 6.45) is 2.71. The predicted octanol–water partition coefficient (Wildman–Crippen LogP) is 2.76. The molecule has 2 aliphatic heterocycles. The average molecular weight is 304 g/mol. The zero-order valence-corrected chi connectivity index (χ0v) is 14.0. The average Bonchev–Trinajstić information content (AvgIpc) is 3.00. The second-order valence-corrected chi connectivity index (χ2v) is 6.37. The first-order valence-electron chi connectivity index (χ1n) is 8.50. The van der Waals surface area contributed by atoms with Crippen LogP contribution in [0, 0.1) is 0 Å². The monoisotopic (exact) mass is 304 g/mol. The zero-order valence-electron chi connectivity index (χ0n) is 14.0. The van der Waals surface area contributed by atoms with Crippen LogP contribution in [0.4, 0.5) is 0 Å². The minimum Gasteiger partial charge on any atom is -0.493 e. The number of piperazine rings is 1. The van der Waals surface area contributed by atoms with Crippen molar-refractivity contribution in [3.8, 4) is 11.5 Å². The Hall–Kier alpha value is -1.26. The Balaban J connectivity index is 1.71. The molecular formula is C18H28N2O2. The van der Waals surface area contributed by atoms with Crippen LogP contribution in [0.2, 0.25) is 0 Å². The molecule has 0 aliphatic carbocycles. The third kappa shape index (κ3) is 3.08. The van der Waals surface area contributed by atoms with E-state index in [2.05, 4.69) is 28.9 Å². The van der Waals surface area contributed by atoms with Crippen LogP contribution in [0.15, 0.2) is 18.2 Å². The molecule has 3 rings (SSSR count). The highest BCUT2D eigenvalue weighted by molar-refractivity contribution is 5.43. The highest BCUT2D eigenvalue weighted by Gasteiger charge is 2.36. The zero-order chi connectivity index (χ0) is 15.5. The summed E-state index contributed by atoms with van der Waals surface area (Å²) < 4.78 is 11.1. The summed E-state index contributed by atoms with van der Waals surface area (Å²) in [4.78, 5) is 5.28. The Kier molecular flexibility index (Phi) is 4.89. The Bertz CT molecular complexity index is 506. The molecule has 1 aromatic carbocycles. The minimum atomic E-state index is 0.633. The molecule has 0 bridgehead atoms. The molecule has 4 nitrogen and oxygen atoms in total. The molecule has 0 spiro atoms. The number of benzene rings is 1. The Morgan fingerprint density at radius 3 is 2.82 bits per heavy atom. The summed E-state index contributed by atoms with van der Waals surface area (Å²) in [5.41, 5.74) is 1.31. The summed E-state index contributed by atoms with van der Waals surface area (Å²) in [5.74, 6) is 1.67. The predicted molar refractivity (Wildman–Crippen MR) is 88.6 cm³/mol. The molecule has 0 aromatic heterocycles. The molecule has 0 saturated carbocycles. The number of ether oxygens (including phenoxy) is 2. The smallest absolute Gasteiger partial charge is 0.161 e. The number of hydrogen-bond acceptors (Lipinski definition) is 4. The van der Waals surface area contributed by atoms with Gasteiger partial charge in [0.05, 0.1) is 13.7 Å². The normalized spacial score (nSPS) is 26.0. The maximum absolute atomic E-state index is 5.70. The first kappa shape index (κ1) is 15.6. The first-order chi connectivity index (χ1) is 10.7. The third-order valence-electron chi connectivity index (χ3n) is 5.14. The lowest BCUT2D eigenvalue weighted by Gasteiger charge is -2.43. The van der Waals surface area contributed by atoms with Crippen molar-refractivity contribution in [3.63, 3.8) is 0 Å². The van der Waals surface area contributed by atoms with Gasteiger partial charge in [-0.2, -0.15) is 0 Å². The third-order valence-corrected chi connectivity index (χ3v) is 5.14. The van der Waals surface area contributed by atoms with Crippen LogP contribution >= 0.6 is 0 Å². The van der Waals surface area contributed by atoms with E-state index in [4.69, 9.17) is 9.47 Å². The van der Waals surface area contributed by atoms with Crippen molar-refractivity contribution in [1.29, 1.82) is 0 Å². The van der Waals surface area contributed by atoms with E-state index in [9.17, 15) is 0 Å². The van der Waals surface area contributed by atoms with Crippen molar-refractivity contribution in [3.05, 3.63) is 23.8 Å². The molecule has 2 saturated heterocycles. The maximum Gasteiger partial charge on any atom is 0.161 e. The maximum atomic E-state index is 5.70. The van der Waals surface area contributed by atoms with Gasteiger partial charge >= 0.3 is 0 Å². The van der Waals surface area contributed by atoms with Gasteiger partial charge in [0, 0.05) is 31.7 Å². The van der Waals surface area contributed by atoms with Crippen molar-refractivity contribution in [2.75, 3.05) is 33.4 Å². The highest BCUT2D eigenvalue weighted by Crippen LogP contribution is 2.31. The molecule has 2 aliphatic rings. The highest BCUT2D eigenvalue weighted by atomic mass is 16.5. The molecule has 122 valence electrons. The van der Waals surface area contributed by atoms with Gasteiger partial charge in [-0.15, -0.1) is 0 Å². The van der Waals surface area contributed by atoms with Gasteiger partial charge < -0.3 is 9.47 Å². The summed E-state index contributed by atoms with van der Waals surface area (Å²) >= 11 is 0. The number of methoxy groups -OCH3 is 1.